The van der Waals surface area contributed by atoms with Gasteiger partial charge in [-0.1, -0.05) is 24.3 Å². The van der Waals surface area contributed by atoms with Crippen LogP contribution in [0.15, 0.2) is 84.9 Å². The van der Waals surface area contributed by atoms with E-state index in [4.69, 9.17) is 21.7 Å². The Bertz CT molecular complexity index is 1530. The van der Waals surface area contributed by atoms with Gasteiger partial charge in [-0.2, -0.15) is 0 Å². The van der Waals surface area contributed by atoms with Crippen LogP contribution in [0.1, 0.15) is 20.7 Å². The Morgan fingerprint density at radius 1 is 0.800 bits per heavy atom. The summed E-state index contributed by atoms with van der Waals surface area (Å²) in [7, 11) is 3.15. The summed E-state index contributed by atoms with van der Waals surface area (Å²) in [6.45, 7) is 2.74. The molecule has 204 valence electrons. The number of carbonyl (C=O) groups is 2. The molecule has 2 amide bonds. The van der Waals surface area contributed by atoms with Crippen molar-refractivity contribution in [3.63, 3.8) is 0 Å². The SMILES string of the molecule is COc1ccc(C(=O)N2CCN(c3ccc(NC(=S)NC(=O)c4cc5ccccc5cc4OC)cc3)CC2)cc1. The van der Waals surface area contributed by atoms with E-state index in [-0.39, 0.29) is 16.9 Å². The van der Waals surface area contributed by atoms with E-state index in [9.17, 15) is 9.59 Å². The van der Waals surface area contributed by atoms with Gasteiger partial charge in [-0.05, 0) is 83.7 Å². The zero-order valence-corrected chi connectivity index (χ0v) is 23.2. The molecule has 0 radical (unpaired) electrons. The maximum Gasteiger partial charge on any atom is 0.261 e. The van der Waals surface area contributed by atoms with Crippen LogP contribution < -0.4 is 25.0 Å². The smallest absolute Gasteiger partial charge is 0.261 e. The lowest BCUT2D eigenvalue weighted by atomic mass is 10.1. The normalized spacial score (nSPS) is 13.1. The fraction of sp³-hybridized carbons (Fsp3) is 0.194. The molecule has 0 spiro atoms. The van der Waals surface area contributed by atoms with Crippen molar-refractivity contribution in [2.75, 3.05) is 50.6 Å². The highest BCUT2D eigenvalue weighted by Gasteiger charge is 2.22. The molecule has 1 heterocycles. The van der Waals surface area contributed by atoms with E-state index in [1.165, 1.54) is 7.11 Å². The average molecular weight is 555 g/mol. The first-order valence-corrected chi connectivity index (χ1v) is 13.3. The van der Waals surface area contributed by atoms with Gasteiger partial charge in [0.05, 0.1) is 19.8 Å². The minimum atomic E-state index is -0.348. The van der Waals surface area contributed by atoms with Gasteiger partial charge in [0.2, 0.25) is 0 Å². The average Bonchev–Trinajstić information content (AvgIpc) is 3.00. The largest absolute Gasteiger partial charge is 0.497 e. The van der Waals surface area contributed by atoms with Gasteiger partial charge in [-0.15, -0.1) is 0 Å². The van der Waals surface area contributed by atoms with Crippen LogP contribution >= 0.6 is 12.2 Å². The molecule has 0 unspecified atom stereocenters. The fourth-order valence-electron chi connectivity index (χ4n) is 4.74. The van der Waals surface area contributed by atoms with Gasteiger partial charge in [-0.25, -0.2) is 0 Å². The summed E-state index contributed by atoms with van der Waals surface area (Å²) in [5.74, 6) is 0.888. The van der Waals surface area contributed by atoms with E-state index in [1.807, 2.05) is 59.5 Å². The number of rotatable bonds is 6. The molecule has 40 heavy (non-hydrogen) atoms. The summed E-state index contributed by atoms with van der Waals surface area (Å²) in [5.41, 5.74) is 2.88. The van der Waals surface area contributed by atoms with Crippen LogP contribution in [0.2, 0.25) is 0 Å². The second kappa shape index (κ2) is 12.0. The Labute approximate surface area is 238 Å². The number of fused-ring (bicyclic) bond motifs is 1. The molecular weight excluding hydrogens is 524 g/mol. The molecular formula is C31H30N4O4S. The molecule has 0 aromatic heterocycles. The fourth-order valence-corrected chi connectivity index (χ4v) is 4.95. The van der Waals surface area contributed by atoms with Crippen molar-refractivity contribution in [1.29, 1.82) is 0 Å². The number of hydrogen-bond acceptors (Lipinski definition) is 6. The lowest BCUT2D eigenvalue weighted by molar-refractivity contribution is 0.0746. The standard InChI is InChI=1S/C31H30N4O4S/c1-38-26-13-7-21(8-14-26)30(37)35-17-15-34(16-18-35)25-11-9-24(10-12-25)32-31(40)33-29(36)27-19-22-5-3-4-6-23(22)20-28(27)39-2/h3-14,19-20H,15-18H2,1-2H3,(H2,32,33,36,40). The van der Waals surface area contributed by atoms with Gasteiger partial charge in [-0.3, -0.25) is 14.9 Å². The van der Waals surface area contributed by atoms with Crippen LogP contribution in [0, 0.1) is 0 Å². The molecule has 4 aromatic carbocycles. The van der Waals surface area contributed by atoms with Gasteiger partial charge >= 0.3 is 0 Å². The molecule has 5 rings (SSSR count). The molecule has 0 aliphatic carbocycles. The first-order valence-electron chi connectivity index (χ1n) is 12.9. The molecule has 9 heteroatoms. The number of hydrogen-bond donors (Lipinski definition) is 2. The number of amides is 2. The molecule has 1 aliphatic heterocycles. The molecule has 1 aliphatic rings. The molecule has 0 saturated carbocycles. The molecule has 8 nitrogen and oxygen atoms in total. The monoisotopic (exact) mass is 554 g/mol. The third kappa shape index (κ3) is 6.00. The lowest BCUT2D eigenvalue weighted by Gasteiger charge is -2.36. The number of ether oxygens (including phenoxy) is 2. The van der Waals surface area contributed by atoms with E-state index >= 15 is 0 Å². The summed E-state index contributed by atoms with van der Waals surface area (Å²) in [6, 6.07) is 26.4. The van der Waals surface area contributed by atoms with Crippen LogP contribution in [0.3, 0.4) is 0 Å². The minimum absolute atomic E-state index is 0.0266. The quantitative estimate of drug-likeness (QED) is 0.327. The molecule has 0 bridgehead atoms. The van der Waals surface area contributed by atoms with E-state index in [0.29, 0.717) is 30.0 Å². The van der Waals surface area contributed by atoms with Crippen molar-refractivity contribution in [2.24, 2.45) is 0 Å². The molecule has 0 atom stereocenters. The molecule has 1 saturated heterocycles. The van der Waals surface area contributed by atoms with Crippen LogP contribution in [-0.4, -0.2) is 62.2 Å². The summed E-state index contributed by atoms with van der Waals surface area (Å²) >= 11 is 5.40. The second-order valence-electron chi connectivity index (χ2n) is 9.36. The number of piperazine rings is 1. The number of methoxy groups -OCH3 is 2. The second-order valence-corrected chi connectivity index (χ2v) is 9.77. The Morgan fingerprint density at radius 2 is 1.45 bits per heavy atom. The highest BCUT2D eigenvalue weighted by atomic mass is 32.1. The Balaban J connectivity index is 1.15. The topological polar surface area (TPSA) is 83.1 Å². The zero-order chi connectivity index (χ0) is 28.1. The van der Waals surface area contributed by atoms with Crippen LogP contribution in [-0.2, 0) is 0 Å². The maximum atomic E-state index is 13.0. The first kappa shape index (κ1) is 27.0. The van der Waals surface area contributed by atoms with Crippen molar-refractivity contribution in [3.8, 4) is 11.5 Å². The number of carbonyl (C=O) groups excluding carboxylic acids is 2. The van der Waals surface area contributed by atoms with E-state index in [0.717, 1.165) is 41.0 Å². The van der Waals surface area contributed by atoms with Crippen LogP contribution in [0.5, 0.6) is 11.5 Å². The van der Waals surface area contributed by atoms with Gasteiger partial charge in [0, 0.05) is 43.1 Å². The Hall–Kier alpha value is -4.63. The number of thiocarbonyl (C=S) groups is 1. The predicted molar refractivity (Wildman–Crippen MR) is 162 cm³/mol. The Morgan fingerprint density at radius 3 is 2.08 bits per heavy atom. The van der Waals surface area contributed by atoms with Crippen LogP contribution in [0.4, 0.5) is 11.4 Å². The first-order chi connectivity index (χ1) is 19.4. The highest BCUT2D eigenvalue weighted by Crippen LogP contribution is 2.26. The van der Waals surface area contributed by atoms with Gasteiger partial charge in [0.1, 0.15) is 11.5 Å². The predicted octanol–water partition coefficient (Wildman–Crippen LogP) is 4.95. The van der Waals surface area contributed by atoms with Gasteiger partial charge in [0.15, 0.2) is 5.11 Å². The van der Waals surface area contributed by atoms with Gasteiger partial charge < -0.3 is 24.6 Å². The third-order valence-corrected chi connectivity index (χ3v) is 7.14. The number of nitrogens with zero attached hydrogens (tertiary/aromatic N) is 2. The maximum absolute atomic E-state index is 13.0. The summed E-state index contributed by atoms with van der Waals surface area (Å²) in [4.78, 5) is 29.9. The zero-order valence-electron chi connectivity index (χ0n) is 22.3. The van der Waals surface area contributed by atoms with E-state index < -0.39 is 0 Å². The summed E-state index contributed by atoms with van der Waals surface area (Å²) < 4.78 is 10.6. The third-order valence-electron chi connectivity index (χ3n) is 6.93. The molecule has 4 aromatic rings. The minimum Gasteiger partial charge on any atom is -0.497 e. The van der Waals surface area contributed by atoms with E-state index in [2.05, 4.69) is 15.5 Å². The number of nitrogens with one attached hydrogen (secondary N) is 2. The number of benzene rings is 4. The van der Waals surface area contributed by atoms with E-state index in [1.54, 1.807) is 37.4 Å². The van der Waals surface area contributed by atoms with Crippen molar-refractivity contribution >= 4 is 51.3 Å². The van der Waals surface area contributed by atoms with Gasteiger partial charge in [0.25, 0.3) is 11.8 Å². The van der Waals surface area contributed by atoms with Crippen molar-refractivity contribution in [3.05, 3.63) is 96.1 Å². The van der Waals surface area contributed by atoms with Crippen molar-refractivity contribution in [2.45, 2.75) is 0 Å². The molecule has 2 N–H and O–H groups in total. The van der Waals surface area contributed by atoms with Crippen molar-refractivity contribution < 1.29 is 19.1 Å². The Kier molecular flexibility index (Phi) is 8.12. The summed E-state index contributed by atoms with van der Waals surface area (Å²) in [6.07, 6.45) is 0. The molecule has 1 fully saturated rings. The highest BCUT2D eigenvalue weighted by molar-refractivity contribution is 7.80. The van der Waals surface area contributed by atoms with Crippen molar-refractivity contribution in [1.82, 2.24) is 10.2 Å². The number of anilines is 2. The summed E-state index contributed by atoms with van der Waals surface area (Å²) in [5, 5.41) is 7.94. The lowest BCUT2D eigenvalue weighted by Crippen LogP contribution is -2.48. The van der Waals surface area contributed by atoms with Crippen LogP contribution in [0.25, 0.3) is 10.8 Å².